The molecule has 1 amide bonds. The van der Waals surface area contributed by atoms with Crippen LogP contribution in [0.25, 0.3) is 0 Å². The van der Waals surface area contributed by atoms with Gasteiger partial charge in [0, 0.05) is 12.6 Å². The number of halogens is 1. The fourth-order valence-corrected chi connectivity index (χ4v) is 5.60. The molecule has 0 aromatic carbocycles. The highest BCUT2D eigenvalue weighted by Gasteiger charge is 2.51. The lowest BCUT2D eigenvalue weighted by molar-refractivity contribution is -0.124. The van der Waals surface area contributed by atoms with Crippen LogP contribution in [0.15, 0.2) is 18.3 Å². The van der Waals surface area contributed by atoms with Gasteiger partial charge in [-0.1, -0.05) is 11.6 Å². The molecule has 21 heavy (non-hydrogen) atoms. The maximum absolute atomic E-state index is 12.4. The number of nitrogens with zero attached hydrogens (tertiary/aromatic N) is 1. The van der Waals surface area contributed by atoms with Crippen LogP contribution in [0, 0.1) is 23.2 Å². The number of anilines is 1. The number of pyridine rings is 1. The highest BCUT2D eigenvalue weighted by atomic mass is 35.5. The number of nitrogens with one attached hydrogen (secondary N) is 1. The van der Waals surface area contributed by atoms with Crippen LogP contribution in [0.2, 0.25) is 5.02 Å². The Morgan fingerprint density at radius 1 is 1.19 bits per heavy atom. The van der Waals surface area contributed by atoms with Crippen LogP contribution in [0.5, 0.6) is 0 Å². The summed E-state index contributed by atoms with van der Waals surface area (Å²) in [7, 11) is 0. The summed E-state index contributed by atoms with van der Waals surface area (Å²) in [6.45, 7) is 0. The van der Waals surface area contributed by atoms with Crippen LogP contribution in [0.1, 0.15) is 44.9 Å². The van der Waals surface area contributed by atoms with Crippen LogP contribution in [0.3, 0.4) is 0 Å². The zero-order chi connectivity index (χ0) is 14.4. The molecular formula is C17H21ClN2O. The number of hydrogen-bond acceptors (Lipinski definition) is 2. The summed E-state index contributed by atoms with van der Waals surface area (Å²) in [4.78, 5) is 16.5. The fraction of sp³-hybridized carbons (Fsp3) is 0.647. The van der Waals surface area contributed by atoms with Crippen LogP contribution >= 0.6 is 11.6 Å². The lowest BCUT2D eigenvalue weighted by Gasteiger charge is -2.56. The molecule has 112 valence electrons. The zero-order valence-corrected chi connectivity index (χ0v) is 12.9. The van der Waals surface area contributed by atoms with E-state index in [0.29, 0.717) is 17.3 Å². The van der Waals surface area contributed by atoms with Crippen molar-refractivity contribution in [3.05, 3.63) is 23.4 Å². The fourth-order valence-electron chi connectivity index (χ4n) is 5.48. The number of carbonyl (C=O) groups excluding carboxylic acids is 1. The molecule has 0 spiro atoms. The third-order valence-electron chi connectivity index (χ3n) is 5.70. The van der Waals surface area contributed by atoms with Gasteiger partial charge in [-0.3, -0.25) is 4.79 Å². The molecule has 0 unspecified atom stereocenters. The molecule has 1 N–H and O–H groups in total. The maximum atomic E-state index is 12.4. The molecule has 1 aromatic heterocycles. The second kappa shape index (κ2) is 4.98. The highest BCUT2D eigenvalue weighted by molar-refractivity contribution is 6.30. The van der Waals surface area contributed by atoms with E-state index in [1.54, 1.807) is 18.3 Å². The molecule has 4 bridgehead atoms. The number of hydrogen-bond donors (Lipinski definition) is 1. The van der Waals surface area contributed by atoms with Gasteiger partial charge in [0.25, 0.3) is 0 Å². The van der Waals surface area contributed by atoms with E-state index in [4.69, 9.17) is 11.6 Å². The molecule has 3 nitrogen and oxygen atoms in total. The summed E-state index contributed by atoms with van der Waals surface area (Å²) in [6, 6.07) is 3.52. The number of carbonyl (C=O) groups is 1. The Kier molecular flexibility index (Phi) is 3.21. The van der Waals surface area contributed by atoms with Crippen molar-refractivity contribution in [2.45, 2.75) is 44.9 Å². The Morgan fingerprint density at radius 2 is 1.81 bits per heavy atom. The Morgan fingerprint density at radius 3 is 2.33 bits per heavy atom. The smallest absolute Gasteiger partial charge is 0.226 e. The van der Waals surface area contributed by atoms with E-state index in [2.05, 4.69) is 10.3 Å². The molecule has 1 aromatic rings. The van der Waals surface area contributed by atoms with Gasteiger partial charge in [-0.15, -0.1) is 0 Å². The quantitative estimate of drug-likeness (QED) is 0.905. The zero-order valence-electron chi connectivity index (χ0n) is 12.1. The number of aromatic nitrogens is 1. The average molecular weight is 305 g/mol. The Labute approximate surface area is 130 Å². The average Bonchev–Trinajstić information content (AvgIpc) is 2.39. The maximum Gasteiger partial charge on any atom is 0.226 e. The second-order valence-electron chi connectivity index (χ2n) is 7.50. The predicted molar refractivity (Wildman–Crippen MR) is 83.1 cm³/mol. The molecule has 4 aliphatic carbocycles. The topological polar surface area (TPSA) is 42.0 Å². The standard InChI is InChI=1S/C17H21ClN2O/c18-14-1-2-15(19-10-14)20-16(21)9-17-6-11-3-12(7-17)5-13(4-11)8-17/h1-2,10-13H,3-9H2,(H,19,20,21). The number of amides is 1. The van der Waals surface area contributed by atoms with E-state index >= 15 is 0 Å². The molecule has 0 saturated heterocycles. The third-order valence-corrected chi connectivity index (χ3v) is 5.92. The molecular weight excluding hydrogens is 284 g/mol. The largest absolute Gasteiger partial charge is 0.311 e. The van der Waals surface area contributed by atoms with Gasteiger partial charge in [-0.05, 0) is 73.8 Å². The second-order valence-corrected chi connectivity index (χ2v) is 7.94. The summed E-state index contributed by atoms with van der Waals surface area (Å²) < 4.78 is 0. The molecule has 0 radical (unpaired) electrons. The van der Waals surface area contributed by atoms with Crippen molar-refractivity contribution in [2.75, 3.05) is 5.32 Å². The monoisotopic (exact) mass is 304 g/mol. The highest BCUT2D eigenvalue weighted by Crippen LogP contribution is 2.61. The molecule has 1 heterocycles. The summed E-state index contributed by atoms with van der Waals surface area (Å²) in [6.07, 6.45) is 10.3. The lowest BCUT2D eigenvalue weighted by Crippen LogP contribution is -2.47. The van der Waals surface area contributed by atoms with Gasteiger partial charge in [0.1, 0.15) is 5.82 Å². The molecule has 4 aliphatic rings. The van der Waals surface area contributed by atoms with E-state index in [-0.39, 0.29) is 11.3 Å². The van der Waals surface area contributed by atoms with Gasteiger partial charge in [-0.2, -0.15) is 0 Å². The van der Waals surface area contributed by atoms with E-state index in [1.807, 2.05) is 0 Å². The van der Waals surface area contributed by atoms with Gasteiger partial charge in [-0.25, -0.2) is 4.98 Å². The molecule has 0 atom stereocenters. The first-order valence-electron chi connectivity index (χ1n) is 8.02. The van der Waals surface area contributed by atoms with E-state index in [9.17, 15) is 4.79 Å². The van der Waals surface area contributed by atoms with Crippen LogP contribution in [0.4, 0.5) is 5.82 Å². The van der Waals surface area contributed by atoms with Crippen molar-refractivity contribution in [3.63, 3.8) is 0 Å². The van der Waals surface area contributed by atoms with Crippen LogP contribution in [-0.4, -0.2) is 10.9 Å². The van der Waals surface area contributed by atoms with E-state index in [1.165, 1.54) is 38.5 Å². The third kappa shape index (κ3) is 2.68. The van der Waals surface area contributed by atoms with Gasteiger partial charge >= 0.3 is 0 Å². The molecule has 5 rings (SSSR count). The summed E-state index contributed by atoms with van der Waals surface area (Å²) in [5, 5.41) is 3.53. The van der Waals surface area contributed by atoms with Crippen LogP contribution in [-0.2, 0) is 4.79 Å². The Bertz CT molecular complexity index is 519. The lowest BCUT2D eigenvalue weighted by atomic mass is 9.49. The van der Waals surface area contributed by atoms with E-state index < -0.39 is 0 Å². The minimum atomic E-state index is 0.117. The van der Waals surface area contributed by atoms with Gasteiger partial charge < -0.3 is 5.32 Å². The summed E-state index contributed by atoms with van der Waals surface area (Å²) in [5.74, 6) is 3.38. The first-order valence-corrected chi connectivity index (χ1v) is 8.39. The van der Waals surface area contributed by atoms with Gasteiger partial charge in [0.15, 0.2) is 0 Å². The summed E-state index contributed by atoms with van der Waals surface area (Å²) >= 11 is 5.82. The SMILES string of the molecule is O=C(CC12CC3CC(CC(C3)C1)C2)Nc1ccc(Cl)cn1. The van der Waals surface area contributed by atoms with E-state index in [0.717, 1.165) is 17.8 Å². The molecule has 4 saturated carbocycles. The van der Waals surface area contributed by atoms with Crippen molar-refractivity contribution < 1.29 is 4.79 Å². The van der Waals surface area contributed by atoms with Crippen molar-refractivity contribution in [2.24, 2.45) is 23.2 Å². The van der Waals surface area contributed by atoms with Crippen molar-refractivity contribution in [1.82, 2.24) is 4.98 Å². The van der Waals surface area contributed by atoms with Gasteiger partial charge in [0.2, 0.25) is 5.91 Å². The number of rotatable bonds is 3. The predicted octanol–water partition coefficient (Wildman–Crippen LogP) is 4.28. The van der Waals surface area contributed by atoms with Crippen molar-refractivity contribution in [1.29, 1.82) is 0 Å². The van der Waals surface area contributed by atoms with Gasteiger partial charge in [0.05, 0.1) is 5.02 Å². The molecule has 0 aliphatic heterocycles. The first-order chi connectivity index (χ1) is 10.1. The van der Waals surface area contributed by atoms with Crippen LogP contribution < -0.4 is 5.32 Å². The minimum absolute atomic E-state index is 0.117. The molecule has 4 fully saturated rings. The first kappa shape index (κ1) is 13.6. The normalized spacial score (nSPS) is 36.7. The summed E-state index contributed by atoms with van der Waals surface area (Å²) in [5.41, 5.74) is 0.283. The molecule has 4 heteroatoms. The Hall–Kier alpha value is -1.09. The minimum Gasteiger partial charge on any atom is -0.311 e. The Balaban J connectivity index is 1.43. The van der Waals surface area contributed by atoms with Crippen molar-refractivity contribution >= 4 is 23.3 Å². The van der Waals surface area contributed by atoms with Crippen molar-refractivity contribution in [3.8, 4) is 0 Å².